The number of piperidine rings is 1. The molecule has 1 amide bonds. The van der Waals surface area contributed by atoms with Gasteiger partial charge in [0.1, 0.15) is 0 Å². The van der Waals surface area contributed by atoms with Crippen molar-refractivity contribution >= 4 is 21.6 Å². The standard InChI is InChI=1S/C17H26N2O3S/c1-14-7-6-11-18(13-14)17(20)10-12-19(23(3,21)22)16-9-5-4-8-15(16)2/h4-5,8-9,14H,6-7,10-13H2,1-3H3. The molecule has 0 aromatic heterocycles. The zero-order valence-electron chi connectivity index (χ0n) is 14.2. The van der Waals surface area contributed by atoms with Crippen molar-refractivity contribution in [1.29, 1.82) is 0 Å². The minimum Gasteiger partial charge on any atom is -0.342 e. The molecule has 5 nitrogen and oxygen atoms in total. The molecule has 0 spiro atoms. The number of aryl methyl sites for hydroxylation is 1. The van der Waals surface area contributed by atoms with Gasteiger partial charge in [-0.15, -0.1) is 0 Å². The van der Waals surface area contributed by atoms with Crippen LogP contribution >= 0.6 is 0 Å². The summed E-state index contributed by atoms with van der Waals surface area (Å²) >= 11 is 0. The van der Waals surface area contributed by atoms with Crippen molar-refractivity contribution < 1.29 is 13.2 Å². The summed E-state index contributed by atoms with van der Waals surface area (Å²) in [7, 11) is -3.42. The van der Waals surface area contributed by atoms with E-state index in [9.17, 15) is 13.2 Å². The average molecular weight is 338 g/mol. The van der Waals surface area contributed by atoms with Crippen molar-refractivity contribution in [3.8, 4) is 0 Å². The number of nitrogens with zero attached hydrogens (tertiary/aromatic N) is 2. The number of anilines is 1. The van der Waals surface area contributed by atoms with Gasteiger partial charge in [-0.25, -0.2) is 8.42 Å². The molecule has 1 aromatic rings. The highest BCUT2D eigenvalue weighted by Gasteiger charge is 2.24. The smallest absolute Gasteiger partial charge is 0.232 e. The lowest BCUT2D eigenvalue weighted by Gasteiger charge is -2.32. The van der Waals surface area contributed by atoms with Crippen LogP contribution in [-0.4, -0.2) is 45.1 Å². The van der Waals surface area contributed by atoms with E-state index >= 15 is 0 Å². The minimum absolute atomic E-state index is 0.0405. The van der Waals surface area contributed by atoms with Gasteiger partial charge in [0.05, 0.1) is 11.9 Å². The summed E-state index contributed by atoms with van der Waals surface area (Å²) in [6.45, 7) is 5.78. The molecule has 0 saturated carbocycles. The van der Waals surface area contributed by atoms with Crippen molar-refractivity contribution in [2.45, 2.75) is 33.1 Å². The lowest BCUT2D eigenvalue weighted by molar-refractivity contribution is -0.132. The largest absolute Gasteiger partial charge is 0.342 e. The molecule has 0 radical (unpaired) electrons. The molecule has 23 heavy (non-hydrogen) atoms. The Labute approximate surface area is 139 Å². The fourth-order valence-corrected chi connectivity index (χ4v) is 4.06. The molecule has 1 saturated heterocycles. The molecule has 1 atom stereocenters. The second-order valence-corrected chi connectivity index (χ2v) is 8.37. The molecule has 6 heteroatoms. The number of amides is 1. The van der Waals surface area contributed by atoms with E-state index in [0.29, 0.717) is 11.6 Å². The zero-order valence-corrected chi connectivity index (χ0v) is 15.0. The first-order chi connectivity index (χ1) is 10.8. The number of sulfonamides is 1. The third kappa shape index (κ3) is 4.70. The third-order valence-corrected chi connectivity index (χ3v) is 5.50. The van der Waals surface area contributed by atoms with E-state index in [2.05, 4.69) is 6.92 Å². The molecule has 0 bridgehead atoms. The molecule has 0 aliphatic carbocycles. The maximum atomic E-state index is 12.4. The monoisotopic (exact) mass is 338 g/mol. The number of hydrogen-bond donors (Lipinski definition) is 0. The van der Waals surface area contributed by atoms with Crippen LogP contribution in [0.4, 0.5) is 5.69 Å². The first-order valence-electron chi connectivity index (χ1n) is 8.10. The van der Waals surface area contributed by atoms with Gasteiger partial charge in [-0.2, -0.15) is 0 Å². The molecule has 1 aromatic carbocycles. The van der Waals surface area contributed by atoms with Crippen LogP contribution < -0.4 is 4.31 Å². The predicted octanol–water partition coefficient (Wildman–Crippen LogP) is 2.41. The predicted molar refractivity (Wildman–Crippen MR) is 93.0 cm³/mol. The summed E-state index contributed by atoms with van der Waals surface area (Å²) in [5.41, 5.74) is 1.53. The second-order valence-electron chi connectivity index (χ2n) is 6.46. The number of likely N-dealkylation sites (tertiary alicyclic amines) is 1. The van der Waals surface area contributed by atoms with Gasteiger partial charge >= 0.3 is 0 Å². The lowest BCUT2D eigenvalue weighted by atomic mass is 10.00. The Balaban J connectivity index is 2.08. The first-order valence-corrected chi connectivity index (χ1v) is 9.95. The fraction of sp³-hybridized carbons (Fsp3) is 0.588. The molecule has 1 aliphatic heterocycles. The van der Waals surface area contributed by atoms with Gasteiger partial charge in [-0.1, -0.05) is 25.1 Å². The Bertz CT molecular complexity index is 658. The van der Waals surface area contributed by atoms with Crippen LogP contribution in [0.1, 0.15) is 31.7 Å². The quantitative estimate of drug-likeness (QED) is 0.828. The van der Waals surface area contributed by atoms with E-state index in [1.807, 2.05) is 30.0 Å². The lowest BCUT2D eigenvalue weighted by Crippen LogP contribution is -2.41. The van der Waals surface area contributed by atoms with E-state index in [0.717, 1.165) is 31.5 Å². The zero-order chi connectivity index (χ0) is 17.0. The van der Waals surface area contributed by atoms with Crippen molar-refractivity contribution in [2.24, 2.45) is 5.92 Å². The fourth-order valence-electron chi connectivity index (χ4n) is 3.08. The summed E-state index contributed by atoms with van der Waals surface area (Å²) in [6.07, 6.45) is 3.59. The van der Waals surface area contributed by atoms with Gasteiger partial charge in [0.25, 0.3) is 0 Å². The number of rotatable bonds is 5. The molecule has 1 unspecified atom stereocenters. The van der Waals surface area contributed by atoms with E-state index in [1.54, 1.807) is 6.07 Å². The highest BCUT2D eigenvalue weighted by atomic mass is 32.2. The summed E-state index contributed by atoms with van der Waals surface area (Å²) < 4.78 is 25.6. The van der Waals surface area contributed by atoms with Gasteiger partial charge < -0.3 is 4.90 Å². The Morgan fingerprint density at radius 2 is 2.04 bits per heavy atom. The molecule has 0 N–H and O–H groups in total. The summed E-state index contributed by atoms with van der Waals surface area (Å²) in [4.78, 5) is 14.3. The third-order valence-electron chi connectivity index (χ3n) is 4.32. The Hall–Kier alpha value is -1.56. The minimum atomic E-state index is -3.42. The molecular weight excluding hydrogens is 312 g/mol. The average Bonchev–Trinajstić information content (AvgIpc) is 2.47. The number of hydrogen-bond acceptors (Lipinski definition) is 3. The highest BCUT2D eigenvalue weighted by molar-refractivity contribution is 7.92. The van der Waals surface area contributed by atoms with Crippen LogP contribution in [0.3, 0.4) is 0 Å². The second kappa shape index (κ2) is 7.34. The van der Waals surface area contributed by atoms with Crippen LogP contribution in [-0.2, 0) is 14.8 Å². The molecule has 128 valence electrons. The number of para-hydroxylation sites is 1. The van der Waals surface area contributed by atoms with Gasteiger partial charge in [0.2, 0.25) is 15.9 Å². The number of carbonyl (C=O) groups is 1. The topological polar surface area (TPSA) is 57.7 Å². The molecule has 2 rings (SSSR count). The van der Waals surface area contributed by atoms with Gasteiger partial charge in [-0.3, -0.25) is 9.10 Å². The van der Waals surface area contributed by atoms with E-state index in [-0.39, 0.29) is 18.9 Å². The van der Waals surface area contributed by atoms with Crippen molar-refractivity contribution in [2.75, 3.05) is 30.2 Å². The van der Waals surface area contributed by atoms with Crippen LogP contribution in [0.25, 0.3) is 0 Å². The van der Waals surface area contributed by atoms with Crippen LogP contribution in [0.5, 0.6) is 0 Å². The SMILES string of the molecule is Cc1ccccc1N(CCC(=O)N1CCCC(C)C1)S(C)(=O)=O. The maximum Gasteiger partial charge on any atom is 0.232 e. The molecule has 1 heterocycles. The van der Waals surface area contributed by atoms with Gasteiger partial charge in [-0.05, 0) is 37.3 Å². The summed E-state index contributed by atoms with van der Waals surface area (Å²) in [6, 6.07) is 7.35. The molecular formula is C17H26N2O3S. The number of benzene rings is 1. The van der Waals surface area contributed by atoms with E-state index < -0.39 is 10.0 Å². The van der Waals surface area contributed by atoms with Gasteiger partial charge in [0, 0.05) is 26.1 Å². The Kier molecular flexibility index (Phi) is 5.68. The van der Waals surface area contributed by atoms with E-state index in [4.69, 9.17) is 0 Å². The van der Waals surface area contributed by atoms with Crippen LogP contribution in [0, 0.1) is 12.8 Å². The first kappa shape index (κ1) is 17.8. The van der Waals surface area contributed by atoms with E-state index in [1.165, 1.54) is 10.6 Å². The molecule has 1 aliphatic rings. The normalized spacial score (nSPS) is 18.7. The highest BCUT2D eigenvalue weighted by Crippen LogP contribution is 2.23. The number of carbonyl (C=O) groups excluding carboxylic acids is 1. The van der Waals surface area contributed by atoms with Crippen molar-refractivity contribution in [3.63, 3.8) is 0 Å². The van der Waals surface area contributed by atoms with Crippen molar-refractivity contribution in [3.05, 3.63) is 29.8 Å². The summed E-state index contributed by atoms with van der Waals surface area (Å²) in [5, 5.41) is 0. The summed E-state index contributed by atoms with van der Waals surface area (Å²) in [5.74, 6) is 0.564. The van der Waals surface area contributed by atoms with Crippen LogP contribution in [0.2, 0.25) is 0 Å². The Morgan fingerprint density at radius 3 is 2.65 bits per heavy atom. The van der Waals surface area contributed by atoms with Crippen LogP contribution in [0.15, 0.2) is 24.3 Å². The van der Waals surface area contributed by atoms with Crippen molar-refractivity contribution in [1.82, 2.24) is 4.90 Å². The maximum absolute atomic E-state index is 12.4. The van der Waals surface area contributed by atoms with Gasteiger partial charge in [0.15, 0.2) is 0 Å². The Morgan fingerprint density at radius 1 is 1.35 bits per heavy atom. The molecule has 1 fully saturated rings.